The van der Waals surface area contributed by atoms with Crippen molar-refractivity contribution >= 4 is 0 Å². The molecule has 0 unspecified atom stereocenters. The van der Waals surface area contributed by atoms with Gasteiger partial charge in [-0.1, -0.05) is 59.7 Å². The van der Waals surface area contributed by atoms with Crippen molar-refractivity contribution in [3.8, 4) is 5.75 Å². The fraction of sp³-hybridized carbons (Fsp3) is 0.600. The Hall–Kier alpha value is -1.02. The number of aliphatic hydroxyl groups is 1. The second-order valence-electron chi connectivity index (χ2n) is 6.49. The molecule has 1 aromatic rings. The third-order valence-corrected chi connectivity index (χ3v) is 2.19. The van der Waals surface area contributed by atoms with Gasteiger partial charge in [-0.2, -0.15) is 0 Å². The van der Waals surface area contributed by atoms with Crippen molar-refractivity contribution in [2.45, 2.75) is 47.0 Å². The van der Waals surface area contributed by atoms with E-state index in [9.17, 15) is 5.11 Å². The van der Waals surface area contributed by atoms with E-state index < -0.39 is 0 Å². The molecule has 0 aromatic heterocycles. The van der Waals surface area contributed by atoms with E-state index in [0.29, 0.717) is 5.75 Å². The lowest BCUT2D eigenvalue weighted by molar-refractivity contribution is 0.177. The van der Waals surface area contributed by atoms with Crippen LogP contribution in [0.2, 0.25) is 0 Å². The smallest absolute Gasteiger partial charge is 0.119 e. The zero-order valence-corrected chi connectivity index (χ0v) is 11.9. The number of rotatable bonds is 0. The molecule has 0 aliphatic rings. The molecule has 2 nitrogen and oxygen atoms in total. The fourth-order valence-electron chi connectivity index (χ4n) is 1.11. The van der Waals surface area contributed by atoms with E-state index in [-0.39, 0.29) is 17.4 Å². The minimum atomic E-state index is 0.0331. The normalized spacial score (nSPS) is 11.7. The van der Waals surface area contributed by atoms with Gasteiger partial charge in [0.2, 0.25) is 0 Å². The van der Waals surface area contributed by atoms with Gasteiger partial charge in [-0.3, -0.25) is 0 Å². The van der Waals surface area contributed by atoms with Gasteiger partial charge in [0.15, 0.2) is 0 Å². The van der Waals surface area contributed by atoms with E-state index in [2.05, 4.69) is 20.8 Å². The predicted molar refractivity (Wildman–Crippen MR) is 73.3 cm³/mol. The van der Waals surface area contributed by atoms with Gasteiger partial charge < -0.3 is 10.2 Å². The van der Waals surface area contributed by atoms with Crippen molar-refractivity contribution in [1.82, 2.24) is 0 Å². The number of phenols is 1. The molecule has 0 atom stereocenters. The van der Waals surface area contributed by atoms with Crippen molar-refractivity contribution in [3.63, 3.8) is 0 Å². The van der Waals surface area contributed by atoms with Crippen molar-refractivity contribution in [2.24, 2.45) is 5.41 Å². The largest absolute Gasteiger partial charge is 0.508 e. The van der Waals surface area contributed by atoms with Gasteiger partial charge in [0.05, 0.1) is 0 Å². The first-order chi connectivity index (χ1) is 7.58. The summed E-state index contributed by atoms with van der Waals surface area (Å²) in [5, 5.41) is 17.8. The average Bonchev–Trinajstić information content (AvgIpc) is 2.16. The lowest BCUT2D eigenvalue weighted by Crippen LogP contribution is -2.10. The summed E-state index contributed by atoms with van der Waals surface area (Å²) >= 11 is 0. The summed E-state index contributed by atoms with van der Waals surface area (Å²) in [5.74, 6) is 0.389. The van der Waals surface area contributed by atoms with Crippen LogP contribution in [0, 0.1) is 5.41 Å². The number of hydrogen-bond acceptors (Lipinski definition) is 2. The average molecular weight is 238 g/mol. The molecule has 0 spiro atoms. The standard InChI is InChI=1S/C10H14O.C5H12O/c1-10(2,3)8-6-4-5-7-9(8)11;1-5(2,3)4-6/h4-7,11H,1-3H3;6H,4H2,1-3H3. The zero-order chi connectivity index (χ0) is 13.7. The Balaban J connectivity index is 0.000000366. The molecule has 1 aromatic carbocycles. The molecule has 0 bridgehead atoms. The van der Waals surface area contributed by atoms with Crippen LogP contribution in [-0.2, 0) is 5.41 Å². The molecule has 0 heterocycles. The van der Waals surface area contributed by atoms with Crippen LogP contribution in [0.1, 0.15) is 47.1 Å². The highest BCUT2D eigenvalue weighted by Gasteiger charge is 2.16. The highest BCUT2D eigenvalue weighted by Crippen LogP contribution is 2.29. The Morgan fingerprint density at radius 3 is 1.59 bits per heavy atom. The van der Waals surface area contributed by atoms with Gasteiger partial charge in [0.1, 0.15) is 5.75 Å². The fourth-order valence-corrected chi connectivity index (χ4v) is 1.11. The summed E-state index contributed by atoms with van der Waals surface area (Å²) in [7, 11) is 0. The Morgan fingerprint density at radius 2 is 1.35 bits per heavy atom. The predicted octanol–water partition coefficient (Wildman–Crippen LogP) is 3.71. The summed E-state index contributed by atoms with van der Waals surface area (Å²) in [6.45, 7) is 12.5. The Bertz CT molecular complexity index is 330. The van der Waals surface area contributed by atoms with Crippen molar-refractivity contribution in [2.75, 3.05) is 6.61 Å². The van der Waals surface area contributed by atoms with Gasteiger partial charge in [0.25, 0.3) is 0 Å². The molecule has 17 heavy (non-hydrogen) atoms. The number of benzene rings is 1. The molecular weight excluding hydrogens is 212 g/mol. The summed E-state index contributed by atoms with van der Waals surface area (Å²) in [6, 6.07) is 7.46. The maximum atomic E-state index is 9.45. The maximum absolute atomic E-state index is 9.45. The van der Waals surface area contributed by atoms with E-state index >= 15 is 0 Å². The third-order valence-electron chi connectivity index (χ3n) is 2.19. The highest BCUT2D eigenvalue weighted by molar-refractivity contribution is 5.36. The molecule has 2 N–H and O–H groups in total. The molecule has 1 rings (SSSR count). The van der Waals surface area contributed by atoms with E-state index in [1.807, 2.05) is 39.0 Å². The maximum Gasteiger partial charge on any atom is 0.119 e. The number of phenolic OH excluding ortho intramolecular Hbond substituents is 1. The minimum Gasteiger partial charge on any atom is -0.508 e. The summed E-state index contributed by atoms with van der Waals surface area (Å²) in [4.78, 5) is 0. The molecule has 0 fully saturated rings. The van der Waals surface area contributed by atoms with Gasteiger partial charge in [-0.15, -0.1) is 0 Å². The summed E-state index contributed by atoms with van der Waals surface area (Å²) in [5.41, 5.74) is 1.13. The first kappa shape index (κ1) is 16.0. The van der Waals surface area contributed by atoms with Crippen LogP contribution < -0.4 is 0 Å². The van der Waals surface area contributed by atoms with E-state index in [0.717, 1.165) is 5.56 Å². The number of para-hydroxylation sites is 1. The van der Waals surface area contributed by atoms with Crippen molar-refractivity contribution in [3.05, 3.63) is 29.8 Å². The molecule has 0 saturated carbocycles. The van der Waals surface area contributed by atoms with Gasteiger partial charge >= 0.3 is 0 Å². The van der Waals surface area contributed by atoms with Gasteiger partial charge in [-0.05, 0) is 22.5 Å². The van der Waals surface area contributed by atoms with E-state index in [1.165, 1.54) is 0 Å². The van der Waals surface area contributed by atoms with Crippen LogP contribution in [-0.4, -0.2) is 16.8 Å². The van der Waals surface area contributed by atoms with E-state index in [1.54, 1.807) is 6.07 Å². The lowest BCUT2D eigenvalue weighted by atomic mass is 9.86. The van der Waals surface area contributed by atoms with Crippen LogP contribution in [0.5, 0.6) is 5.75 Å². The van der Waals surface area contributed by atoms with Gasteiger partial charge in [-0.25, -0.2) is 0 Å². The highest BCUT2D eigenvalue weighted by atomic mass is 16.3. The van der Waals surface area contributed by atoms with Crippen LogP contribution in [0.3, 0.4) is 0 Å². The lowest BCUT2D eigenvalue weighted by Gasteiger charge is -2.19. The summed E-state index contributed by atoms with van der Waals surface area (Å²) in [6.07, 6.45) is 0. The quantitative estimate of drug-likeness (QED) is 0.723. The Morgan fingerprint density at radius 1 is 0.941 bits per heavy atom. The molecule has 0 saturated heterocycles. The summed E-state index contributed by atoms with van der Waals surface area (Å²) < 4.78 is 0. The monoisotopic (exact) mass is 238 g/mol. The van der Waals surface area contributed by atoms with Crippen LogP contribution in [0.25, 0.3) is 0 Å². The first-order valence-electron chi connectivity index (χ1n) is 5.97. The topological polar surface area (TPSA) is 40.5 Å². The Labute approximate surface area is 105 Å². The van der Waals surface area contributed by atoms with Gasteiger partial charge in [0, 0.05) is 6.61 Å². The second-order valence-corrected chi connectivity index (χ2v) is 6.49. The van der Waals surface area contributed by atoms with Crippen LogP contribution >= 0.6 is 0 Å². The van der Waals surface area contributed by atoms with E-state index in [4.69, 9.17) is 5.11 Å². The molecule has 0 aliphatic heterocycles. The molecule has 2 heteroatoms. The molecule has 0 aliphatic carbocycles. The van der Waals surface area contributed by atoms with Crippen molar-refractivity contribution in [1.29, 1.82) is 0 Å². The number of aliphatic hydroxyl groups excluding tert-OH is 1. The second kappa shape index (κ2) is 6.06. The molecule has 98 valence electrons. The zero-order valence-electron chi connectivity index (χ0n) is 11.9. The number of aromatic hydroxyl groups is 1. The molecule has 0 amide bonds. The van der Waals surface area contributed by atoms with Crippen LogP contribution in [0.15, 0.2) is 24.3 Å². The molecule has 0 radical (unpaired) electrons. The third kappa shape index (κ3) is 7.01. The molecular formula is C15H26O2. The Kier molecular flexibility index (Phi) is 5.70. The first-order valence-corrected chi connectivity index (χ1v) is 5.97. The SMILES string of the molecule is CC(C)(C)CO.CC(C)(C)c1ccccc1O. The number of hydrogen-bond donors (Lipinski definition) is 2. The minimum absolute atomic E-state index is 0.0331. The van der Waals surface area contributed by atoms with Crippen LogP contribution in [0.4, 0.5) is 0 Å². The van der Waals surface area contributed by atoms with Crippen molar-refractivity contribution < 1.29 is 10.2 Å².